The molecule has 0 aromatic heterocycles. The molecule has 42 heavy (non-hydrogen) atoms. The van der Waals surface area contributed by atoms with Crippen LogP contribution in [0.1, 0.15) is 106 Å². The lowest BCUT2D eigenvalue weighted by Gasteiger charge is -2.41. The average Bonchev–Trinajstić information content (AvgIpc) is 3.71. The first-order chi connectivity index (χ1) is 19.7. The van der Waals surface area contributed by atoms with E-state index in [1.54, 1.807) is 13.8 Å². The predicted molar refractivity (Wildman–Crippen MR) is 159 cm³/mol. The second kappa shape index (κ2) is 14.2. The van der Waals surface area contributed by atoms with Crippen molar-refractivity contribution in [1.82, 2.24) is 0 Å². The van der Waals surface area contributed by atoms with Crippen molar-refractivity contribution in [3.8, 4) is 0 Å². The van der Waals surface area contributed by atoms with Gasteiger partial charge in [0.2, 0.25) is 0 Å². The van der Waals surface area contributed by atoms with E-state index in [-0.39, 0.29) is 24.4 Å². The van der Waals surface area contributed by atoms with Crippen LogP contribution in [0.4, 0.5) is 0 Å². The Kier molecular flexibility index (Phi) is 11.5. The van der Waals surface area contributed by atoms with Crippen molar-refractivity contribution in [3.05, 3.63) is 24.3 Å². The molecule has 7 atom stereocenters. The lowest BCUT2D eigenvalue weighted by Crippen LogP contribution is -2.46. The van der Waals surface area contributed by atoms with E-state index in [0.29, 0.717) is 46.7 Å². The van der Waals surface area contributed by atoms with Crippen LogP contribution in [0.15, 0.2) is 24.3 Å². The van der Waals surface area contributed by atoms with Crippen LogP contribution in [-0.4, -0.2) is 48.3 Å². The molecule has 4 fully saturated rings. The van der Waals surface area contributed by atoms with Gasteiger partial charge in [-0.25, -0.2) is 19.2 Å². The molecule has 236 valence electrons. The number of hydrogen-bond donors (Lipinski definition) is 0. The Hall–Kier alpha value is -2.64. The van der Waals surface area contributed by atoms with Crippen molar-refractivity contribution in [2.75, 3.05) is 13.2 Å². The summed E-state index contributed by atoms with van der Waals surface area (Å²) >= 11 is 0. The Labute approximate surface area is 251 Å². The lowest BCUT2D eigenvalue weighted by atomic mass is 9.74. The topological polar surface area (TPSA) is 105 Å². The number of fused-ring (bicyclic) bond motifs is 4. The third kappa shape index (κ3) is 8.04. The van der Waals surface area contributed by atoms with Crippen LogP contribution in [0.5, 0.6) is 0 Å². The monoisotopic (exact) mass is 588 g/mol. The Morgan fingerprint density at radius 1 is 0.762 bits per heavy atom. The van der Waals surface area contributed by atoms with Crippen LogP contribution < -0.4 is 0 Å². The van der Waals surface area contributed by atoms with Crippen LogP contribution in [-0.2, 0) is 38.1 Å². The van der Waals surface area contributed by atoms with E-state index in [4.69, 9.17) is 18.9 Å². The first kappa shape index (κ1) is 33.9. The Morgan fingerprint density at radius 3 is 1.64 bits per heavy atom. The quantitative estimate of drug-likeness (QED) is 0.144. The number of hydrogen-bond acceptors (Lipinski definition) is 8. The summed E-state index contributed by atoms with van der Waals surface area (Å²) in [6, 6.07) is 0. The fourth-order valence-corrected chi connectivity index (χ4v) is 7.99. The summed E-state index contributed by atoms with van der Waals surface area (Å²) in [5, 5.41) is 0. The Bertz CT molecular complexity index is 1050. The highest BCUT2D eigenvalue weighted by atomic mass is 16.6. The Balaban J connectivity index is 0.000000230. The molecule has 7 unspecified atom stereocenters. The van der Waals surface area contributed by atoms with E-state index in [9.17, 15) is 19.2 Å². The van der Waals surface area contributed by atoms with Crippen LogP contribution in [0.3, 0.4) is 0 Å². The summed E-state index contributed by atoms with van der Waals surface area (Å²) in [5.74, 6) is 1.20. The predicted octanol–water partition coefficient (Wildman–Crippen LogP) is 6.51. The molecule has 4 bridgehead atoms. The maximum absolute atomic E-state index is 12.1. The van der Waals surface area contributed by atoms with Crippen molar-refractivity contribution in [2.24, 2.45) is 35.5 Å². The number of carbonyl (C=O) groups excluding carboxylic acids is 4. The molecule has 0 N–H and O–H groups in total. The largest absolute Gasteiger partial charge is 0.456 e. The first-order valence-corrected chi connectivity index (χ1v) is 15.8. The lowest BCUT2D eigenvalue weighted by molar-refractivity contribution is -0.181. The molecule has 4 saturated carbocycles. The normalized spacial score (nSPS) is 31.1. The summed E-state index contributed by atoms with van der Waals surface area (Å²) in [5.41, 5.74) is -0.0901. The van der Waals surface area contributed by atoms with Crippen LogP contribution in [0.2, 0.25) is 0 Å². The SMILES string of the molecule is C=C(C)C(=O)OCC(=O)OC1(C(C)CC)CC2CCC1C2.C=C(C)C(=O)OCC(=O)OC1(CC(C)C)CC2CCC1C2. The maximum Gasteiger partial charge on any atom is 0.344 e. The minimum Gasteiger partial charge on any atom is -0.456 e. The highest BCUT2D eigenvalue weighted by Crippen LogP contribution is 2.56. The smallest absolute Gasteiger partial charge is 0.344 e. The molecular formula is C34H52O8. The highest BCUT2D eigenvalue weighted by molar-refractivity contribution is 5.89. The fraction of sp³-hybridized carbons (Fsp3) is 0.765. The van der Waals surface area contributed by atoms with Gasteiger partial charge in [0.15, 0.2) is 13.2 Å². The van der Waals surface area contributed by atoms with Crippen LogP contribution in [0.25, 0.3) is 0 Å². The van der Waals surface area contributed by atoms with Gasteiger partial charge in [0, 0.05) is 11.1 Å². The van der Waals surface area contributed by atoms with Gasteiger partial charge in [-0.3, -0.25) is 0 Å². The second-order valence-corrected chi connectivity index (χ2v) is 13.7. The van der Waals surface area contributed by atoms with E-state index in [0.717, 1.165) is 38.5 Å². The zero-order valence-corrected chi connectivity index (χ0v) is 26.6. The molecule has 0 radical (unpaired) electrons. The van der Waals surface area contributed by atoms with Crippen LogP contribution >= 0.6 is 0 Å². The number of esters is 4. The van der Waals surface area contributed by atoms with Gasteiger partial charge in [0.25, 0.3) is 0 Å². The van der Waals surface area contributed by atoms with E-state index >= 15 is 0 Å². The molecule has 0 aliphatic heterocycles. The van der Waals surface area contributed by atoms with Crippen molar-refractivity contribution in [3.63, 3.8) is 0 Å². The molecule has 0 saturated heterocycles. The van der Waals surface area contributed by atoms with Crippen LogP contribution in [0, 0.1) is 35.5 Å². The van der Waals surface area contributed by atoms with Crippen molar-refractivity contribution in [2.45, 2.75) is 117 Å². The standard InChI is InChI=1S/2C17H26O4/c1-11(2)8-17(9-13-5-6-14(17)7-13)21-15(18)10-20-16(19)12(3)4;1-5-12(4)17(9-13-6-7-14(17)8-13)21-15(18)10-20-16(19)11(2)3/h11,13-14H,3,5-10H2,1-2,4H3;12-14H,2,5-10H2,1,3-4H3. The molecule has 0 spiro atoms. The fourth-order valence-electron chi connectivity index (χ4n) is 7.99. The van der Waals surface area contributed by atoms with Gasteiger partial charge in [-0.2, -0.15) is 0 Å². The minimum atomic E-state index is -0.544. The minimum absolute atomic E-state index is 0.291. The zero-order valence-electron chi connectivity index (χ0n) is 26.6. The van der Waals surface area contributed by atoms with Crippen molar-refractivity contribution >= 4 is 23.9 Å². The highest BCUT2D eigenvalue weighted by Gasteiger charge is 2.56. The average molecular weight is 589 g/mol. The molecule has 0 amide bonds. The van der Waals surface area contributed by atoms with E-state index in [1.807, 2.05) is 0 Å². The van der Waals surface area contributed by atoms with E-state index in [2.05, 4.69) is 40.9 Å². The summed E-state index contributed by atoms with van der Waals surface area (Å²) in [6.45, 7) is 18.1. The van der Waals surface area contributed by atoms with Gasteiger partial charge in [-0.15, -0.1) is 0 Å². The molecule has 4 aliphatic rings. The second-order valence-electron chi connectivity index (χ2n) is 13.7. The maximum atomic E-state index is 12.1. The van der Waals surface area contributed by atoms with Crippen molar-refractivity contribution < 1.29 is 38.1 Å². The summed E-state index contributed by atoms with van der Waals surface area (Å²) in [6.07, 6.45) is 11.0. The molecule has 8 nitrogen and oxygen atoms in total. The van der Waals surface area contributed by atoms with Gasteiger partial charge in [0.1, 0.15) is 11.2 Å². The summed E-state index contributed by atoms with van der Waals surface area (Å²) in [7, 11) is 0. The number of ether oxygens (including phenoxy) is 4. The zero-order chi connectivity index (χ0) is 31.2. The molecule has 0 heterocycles. The van der Waals surface area contributed by atoms with Gasteiger partial charge < -0.3 is 18.9 Å². The third-order valence-electron chi connectivity index (χ3n) is 9.92. The number of rotatable bonds is 12. The summed E-state index contributed by atoms with van der Waals surface area (Å²) < 4.78 is 21.5. The molecule has 0 aromatic carbocycles. The van der Waals surface area contributed by atoms with Gasteiger partial charge in [0.05, 0.1) is 0 Å². The molecule has 0 aromatic rings. The summed E-state index contributed by atoms with van der Waals surface area (Å²) in [4.78, 5) is 46.9. The third-order valence-corrected chi connectivity index (χ3v) is 9.92. The Morgan fingerprint density at radius 2 is 1.26 bits per heavy atom. The van der Waals surface area contributed by atoms with Gasteiger partial charge in [-0.05, 0) is 114 Å². The number of carbonyl (C=O) groups is 4. The molecule has 4 aliphatic carbocycles. The molecule has 8 heteroatoms. The van der Waals surface area contributed by atoms with Crippen molar-refractivity contribution in [1.29, 1.82) is 0 Å². The van der Waals surface area contributed by atoms with E-state index in [1.165, 1.54) is 25.7 Å². The van der Waals surface area contributed by atoms with Gasteiger partial charge in [-0.1, -0.05) is 40.9 Å². The first-order valence-electron chi connectivity index (χ1n) is 15.8. The van der Waals surface area contributed by atoms with E-state index < -0.39 is 23.9 Å². The molecule has 4 rings (SSSR count). The molecular weight excluding hydrogens is 536 g/mol. The van der Waals surface area contributed by atoms with Gasteiger partial charge >= 0.3 is 23.9 Å².